The Morgan fingerprint density at radius 3 is 2.58 bits per heavy atom. The Kier molecular flexibility index (Phi) is 5.66. The van der Waals surface area contributed by atoms with Crippen LogP contribution < -0.4 is 15.9 Å². The van der Waals surface area contributed by atoms with Crippen LogP contribution in [-0.4, -0.2) is 15.7 Å². The molecule has 0 saturated heterocycles. The van der Waals surface area contributed by atoms with E-state index in [0.29, 0.717) is 17.4 Å². The Morgan fingerprint density at radius 2 is 1.88 bits per heavy atom. The van der Waals surface area contributed by atoms with Gasteiger partial charge < -0.3 is 4.74 Å². The van der Waals surface area contributed by atoms with E-state index in [4.69, 9.17) is 16.3 Å². The second-order valence-electron chi connectivity index (χ2n) is 5.54. The molecule has 2 N–H and O–H groups in total. The number of aromatic nitrogens is 2. The summed E-state index contributed by atoms with van der Waals surface area (Å²) in [6.45, 7) is 2.34. The van der Waals surface area contributed by atoms with Crippen LogP contribution in [0.15, 0.2) is 70.7 Å². The molecule has 1 heterocycles. The number of anilines is 1. The van der Waals surface area contributed by atoms with Crippen LogP contribution >= 0.6 is 11.6 Å². The third kappa shape index (κ3) is 4.94. The molecule has 0 saturated carbocycles. The van der Waals surface area contributed by atoms with Crippen molar-refractivity contribution in [3.05, 3.63) is 87.4 Å². The maximum Gasteiger partial charge on any atom is 0.346 e. The number of hydrogen-bond acceptors (Lipinski definition) is 5. The van der Waals surface area contributed by atoms with Crippen LogP contribution in [0.5, 0.6) is 5.75 Å². The quantitative estimate of drug-likeness (QED) is 0.511. The number of H-pyrrole nitrogens is 1. The lowest BCUT2D eigenvalue weighted by Crippen LogP contribution is -2.11. The van der Waals surface area contributed by atoms with Crippen molar-refractivity contribution in [2.45, 2.75) is 13.5 Å². The van der Waals surface area contributed by atoms with Gasteiger partial charge in [-0.2, -0.15) is 5.10 Å². The monoisotopic (exact) mass is 368 g/mol. The van der Waals surface area contributed by atoms with Crippen LogP contribution in [0.3, 0.4) is 0 Å². The molecule has 2 aromatic carbocycles. The zero-order valence-electron chi connectivity index (χ0n) is 14.1. The number of halogens is 1. The average Bonchev–Trinajstić information content (AvgIpc) is 2.66. The van der Waals surface area contributed by atoms with Crippen LogP contribution in [0.4, 0.5) is 5.82 Å². The molecule has 1 aromatic heterocycles. The van der Waals surface area contributed by atoms with Gasteiger partial charge in [0.1, 0.15) is 18.2 Å². The van der Waals surface area contributed by atoms with Gasteiger partial charge >= 0.3 is 5.69 Å². The Labute approximate surface area is 155 Å². The van der Waals surface area contributed by atoms with Gasteiger partial charge in [-0.05, 0) is 60.5 Å². The molecule has 3 rings (SSSR count). The smallest absolute Gasteiger partial charge is 0.346 e. The molecule has 6 nitrogen and oxygen atoms in total. The van der Waals surface area contributed by atoms with Crippen molar-refractivity contribution in [3.8, 4) is 5.75 Å². The van der Waals surface area contributed by atoms with Crippen molar-refractivity contribution >= 4 is 23.1 Å². The highest BCUT2D eigenvalue weighted by molar-refractivity contribution is 6.30. The van der Waals surface area contributed by atoms with E-state index in [1.807, 2.05) is 55.5 Å². The number of hydrogen-bond donors (Lipinski definition) is 2. The predicted octanol–water partition coefficient (Wildman–Crippen LogP) is 3.84. The number of hydrazone groups is 1. The number of rotatable bonds is 6. The molecule has 0 aliphatic carbocycles. The van der Waals surface area contributed by atoms with E-state index >= 15 is 0 Å². The SMILES string of the molecule is CC(=NNc1ccnc(=O)[nH]1)c1ccc(OCc2ccc(Cl)cc2)cc1. The zero-order chi connectivity index (χ0) is 18.4. The van der Waals surface area contributed by atoms with E-state index < -0.39 is 5.69 Å². The normalized spacial score (nSPS) is 11.2. The zero-order valence-corrected chi connectivity index (χ0v) is 14.8. The molecule has 0 aliphatic heterocycles. The van der Waals surface area contributed by atoms with Gasteiger partial charge in [-0.25, -0.2) is 9.78 Å². The van der Waals surface area contributed by atoms with Gasteiger partial charge in [0.15, 0.2) is 0 Å². The molecule has 0 fully saturated rings. The largest absolute Gasteiger partial charge is 0.489 e. The molecule has 132 valence electrons. The van der Waals surface area contributed by atoms with Crippen molar-refractivity contribution in [2.24, 2.45) is 5.10 Å². The molecule has 0 radical (unpaired) electrons. The van der Waals surface area contributed by atoms with Crippen LogP contribution in [0.1, 0.15) is 18.1 Å². The first-order valence-electron chi connectivity index (χ1n) is 7.93. The van der Waals surface area contributed by atoms with Crippen molar-refractivity contribution in [3.63, 3.8) is 0 Å². The van der Waals surface area contributed by atoms with Gasteiger partial charge in [-0.1, -0.05) is 23.7 Å². The van der Waals surface area contributed by atoms with Crippen molar-refractivity contribution in [2.75, 3.05) is 5.43 Å². The molecule has 26 heavy (non-hydrogen) atoms. The van der Waals surface area contributed by atoms with Gasteiger partial charge in [0.05, 0.1) is 5.71 Å². The standard InChI is InChI=1S/C19H17ClN4O2/c1-13(23-24-18-10-11-21-19(25)22-18)15-4-8-17(9-5-15)26-12-14-2-6-16(20)7-3-14/h2-11H,12H2,1H3,(H2,21,22,24,25). The molecular formula is C19H17ClN4O2. The third-order valence-electron chi connectivity index (χ3n) is 3.61. The van der Waals surface area contributed by atoms with Crippen LogP contribution in [0.25, 0.3) is 0 Å². The van der Waals surface area contributed by atoms with E-state index in [1.165, 1.54) is 6.20 Å². The summed E-state index contributed by atoms with van der Waals surface area (Å²) in [5, 5.41) is 4.96. The van der Waals surface area contributed by atoms with E-state index in [1.54, 1.807) is 6.07 Å². The number of nitrogens with zero attached hydrogens (tertiary/aromatic N) is 2. The first-order chi connectivity index (χ1) is 12.6. The second-order valence-corrected chi connectivity index (χ2v) is 5.97. The van der Waals surface area contributed by atoms with Gasteiger partial charge in [0.25, 0.3) is 0 Å². The fourth-order valence-electron chi connectivity index (χ4n) is 2.18. The summed E-state index contributed by atoms with van der Waals surface area (Å²) in [5.74, 6) is 1.25. The summed E-state index contributed by atoms with van der Waals surface area (Å²) < 4.78 is 5.76. The summed E-state index contributed by atoms with van der Waals surface area (Å²) in [7, 11) is 0. The summed E-state index contributed by atoms with van der Waals surface area (Å²) >= 11 is 5.87. The van der Waals surface area contributed by atoms with Crippen LogP contribution in [0, 0.1) is 0 Å². The number of aromatic amines is 1. The topological polar surface area (TPSA) is 79.4 Å². The minimum Gasteiger partial charge on any atom is -0.489 e. The number of benzene rings is 2. The Hall–Kier alpha value is -3.12. The van der Waals surface area contributed by atoms with Gasteiger partial charge in [-0.15, -0.1) is 0 Å². The number of ether oxygens (including phenoxy) is 1. The van der Waals surface area contributed by atoms with Gasteiger partial charge in [0, 0.05) is 11.2 Å². The molecule has 0 spiro atoms. The fraction of sp³-hybridized carbons (Fsp3) is 0.105. The minimum atomic E-state index is -0.426. The van der Waals surface area contributed by atoms with Crippen molar-refractivity contribution in [1.29, 1.82) is 0 Å². The first-order valence-corrected chi connectivity index (χ1v) is 8.31. The lowest BCUT2D eigenvalue weighted by Gasteiger charge is -2.08. The van der Waals surface area contributed by atoms with Crippen molar-refractivity contribution < 1.29 is 4.74 Å². The first kappa shape index (κ1) is 17.7. The minimum absolute atomic E-state index is 0.426. The predicted molar refractivity (Wildman–Crippen MR) is 103 cm³/mol. The Balaban J connectivity index is 1.60. The maximum atomic E-state index is 11.1. The molecule has 0 bridgehead atoms. The maximum absolute atomic E-state index is 11.1. The summed E-state index contributed by atoms with van der Waals surface area (Å²) in [6, 6.07) is 16.8. The summed E-state index contributed by atoms with van der Waals surface area (Å²) in [5.41, 5.74) is 5.13. The molecular weight excluding hydrogens is 352 g/mol. The van der Waals surface area contributed by atoms with E-state index in [0.717, 1.165) is 22.6 Å². The lowest BCUT2D eigenvalue weighted by atomic mass is 10.1. The van der Waals surface area contributed by atoms with E-state index in [-0.39, 0.29) is 0 Å². The molecule has 0 unspecified atom stereocenters. The molecule has 3 aromatic rings. The highest BCUT2D eigenvalue weighted by Crippen LogP contribution is 2.16. The van der Waals surface area contributed by atoms with E-state index in [2.05, 4.69) is 20.5 Å². The molecule has 7 heteroatoms. The van der Waals surface area contributed by atoms with E-state index in [9.17, 15) is 4.79 Å². The highest BCUT2D eigenvalue weighted by Gasteiger charge is 2.01. The van der Waals surface area contributed by atoms with Crippen LogP contribution in [0.2, 0.25) is 5.02 Å². The summed E-state index contributed by atoms with van der Waals surface area (Å²) in [4.78, 5) is 17.3. The van der Waals surface area contributed by atoms with Gasteiger partial charge in [-0.3, -0.25) is 10.4 Å². The molecule has 0 amide bonds. The van der Waals surface area contributed by atoms with Gasteiger partial charge in [0.2, 0.25) is 0 Å². The second kappa shape index (κ2) is 8.31. The molecule has 0 atom stereocenters. The fourth-order valence-corrected chi connectivity index (χ4v) is 2.31. The molecule has 0 aliphatic rings. The highest BCUT2D eigenvalue weighted by atomic mass is 35.5. The Bertz CT molecular complexity index is 950. The Morgan fingerprint density at radius 1 is 1.15 bits per heavy atom. The average molecular weight is 369 g/mol. The summed E-state index contributed by atoms with van der Waals surface area (Å²) in [6.07, 6.45) is 1.42. The third-order valence-corrected chi connectivity index (χ3v) is 3.86. The van der Waals surface area contributed by atoms with Crippen LogP contribution in [-0.2, 0) is 6.61 Å². The lowest BCUT2D eigenvalue weighted by molar-refractivity contribution is 0.306. The van der Waals surface area contributed by atoms with Crippen molar-refractivity contribution in [1.82, 2.24) is 9.97 Å². The number of nitrogens with one attached hydrogen (secondary N) is 2.